The summed E-state index contributed by atoms with van der Waals surface area (Å²) in [7, 11) is 0. The molecule has 4 heteroatoms. The van der Waals surface area contributed by atoms with E-state index < -0.39 is 6.10 Å². The number of aromatic nitrogens is 2. The minimum absolute atomic E-state index is 0.295. The van der Waals surface area contributed by atoms with E-state index in [9.17, 15) is 5.11 Å². The Morgan fingerprint density at radius 3 is 2.50 bits per heavy atom. The molecule has 0 aliphatic rings. The van der Waals surface area contributed by atoms with Crippen LogP contribution in [-0.4, -0.2) is 27.5 Å². The fourth-order valence-electron chi connectivity index (χ4n) is 1.56. The number of nitrogens with zero attached hydrogens (tertiary/aromatic N) is 2. The average Bonchev–Trinajstić information content (AvgIpc) is 2.65. The van der Waals surface area contributed by atoms with Crippen LogP contribution in [0.25, 0.3) is 0 Å². The second-order valence-corrected chi connectivity index (χ2v) is 5.09. The molecule has 16 heavy (non-hydrogen) atoms. The summed E-state index contributed by atoms with van der Waals surface area (Å²) in [5, 5.41) is 14.2. The summed E-state index contributed by atoms with van der Waals surface area (Å²) in [6.07, 6.45) is 2.25. The molecule has 0 saturated carbocycles. The second kappa shape index (κ2) is 4.97. The van der Waals surface area contributed by atoms with Gasteiger partial charge in [-0.25, -0.2) is 0 Å². The molecule has 1 heterocycles. The molecule has 4 nitrogen and oxygen atoms in total. The van der Waals surface area contributed by atoms with Crippen molar-refractivity contribution in [1.82, 2.24) is 9.78 Å². The zero-order valence-electron chi connectivity index (χ0n) is 10.6. The first-order valence-corrected chi connectivity index (χ1v) is 5.81. The van der Waals surface area contributed by atoms with Crippen molar-refractivity contribution in [3.8, 4) is 0 Å². The van der Waals surface area contributed by atoms with E-state index in [1.165, 1.54) is 0 Å². The number of aliphatic hydroxyl groups excluding tert-OH is 1. The van der Waals surface area contributed by atoms with Gasteiger partial charge in [-0.05, 0) is 26.8 Å². The number of rotatable bonds is 5. The molecule has 1 aromatic heterocycles. The first kappa shape index (κ1) is 13.2. The molecule has 0 saturated heterocycles. The predicted molar refractivity (Wildman–Crippen MR) is 65.2 cm³/mol. The highest BCUT2D eigenvalue weighted by Gasteiger charge is 2.29. The summed E-state index contributed by atoms with van der Waals surface area (Å²) in [6.45, 7) is 8.42. The van der Waals surface area contributed by atoms with Crippen molar-refractivity contribution in [3.63, 3.8) is 0 Å². The van der Waals surface area contributed by atoms with Crippen LogP contribution in [0.4, 0.5) is 0 Å². The molecule has 3 N–H and O–H groups in total. The Hall–Kier alpha value is -0.870. The first-order valence-electron chi connectivity index (χ1n) is 5.81. The quantitative estimate of drug-likeness (QED) is 0.795. The van der Waals surface area contributed by atoms with Crippen LogP contribution < -0.4 is 5.73 Å². The Morgan fingerprint density at radius 2 is 2.12 bits per heavy atom. The van der Waals surface area contributed by atoms with E-state index >= 15 is 0 Å². The topological polar surface area (TPSA) is 64.1 Å². The van der Waals surface area contributed by atoms with E-state index in [-0.39, 0.29) is 5.41 Å². The number of aliphatic hydroxyl groups is 1. The van der Waals surface area contributed by atoms with Gasteiger partial charge in [-0.15, -0.1) is 0 Å². The number of hydrogen-bond donors (Lipinski definition) is 2. The maximum atomic E-state index is 9.73. The minimum atomic E-state index is -0.429. The Labute approximate surface area is 97.5 Å². The zero-order chi connectivity index (χ0) is 12.3. The van der Waals surface area contributed by atoms with Gasteiger partial charge >= 0.3 is 0 Å². The summed E-state index contributed by atoms with van der Waals surface area (Å²) in [5.74, 6) is 0. The Morgan fingerprint density at radius 1 is 1.50 bits per heavy atom. The van der Waals surface area contributed by atoms with Crippen molar-refractivity contribution >= 4 is 0 Å². The van der Waals surface area contributed by atoms with Crippen LogP contribution in [0.1, 0.15) is 39.4 Å². The molecule has 0 spiro atoms. The van der Waals surface area contributed by atoms with Crippen molar-refractivity contribution in [3.05, 3.63) is 18.0 Å². The molecule has 2 unspecified atom stereocenters. The molecule has 0 radical (unpaired) electrons. The smallest absolute Gasteiger partial charge is 0.0631 e. The highest BCUT2D eigenvalue weighted by Crippen LogP contribution is 2.25. The summed E-state index contributed by atoms with van der Waals surface area (Å²) in [6, 6.07) is 2.36. The second-order valence-electron chi connectivity index (χ2n) is 5.09. The van der Waals surface area contributed by atoms with Gasteiger partial charge in [0.2, 0.25) is 0 Å². The Bertz CT molecular complexity index is 333. The molecule has 0 aliphatic heterocycles. The predicted octanol–water partition coefficient (Wildman–Crippen LogP) is 1.35. The van der Waals surface area contributed by atoms with E-state index in [1.807, 2.05) is 23.9 Å². The lowest BCUT2D eigenvalue weighted by Gasteiger charge is -2.30. The summed E-state index contributed by atoms with van der Waals surface area (Å²) >= 11 is 0. The van der Waals surface area contributed by atoms with Gasteiger partial charge in [0.05, 0.1) is 11.8 Å². The fraction of sp³-hybridized carbons (Fsp3) is 0.750. The maximum Gasteiger partial charge on any atom is 0.0631 e. The molecule has 0 aromatic carbocycles. The molecule has 0 amide bonds. The van der Waals surface area contributed by atoms with Crippen molar-refractivity contribution in [1.29, 1.82) is 0 Å². The van der Waals surface area contributed by atoms with Gasteiger partial charge in [0.25, 0.3) is 0 Å². The van der Waals surface area contributed by atoms with Crippen molar-refractivity contribution in [2.24, 2.45) is 11.1 Å². The van der Waals surface area contributed by atoms with Crippen LogP contribution >= 0.6 is 0 Å². The van der Waals surface area contributed by atoms with E-state index in [4.69, 9.17) is 5.73 Å². The third-order valence-electron chi connectivity index (χ3n) is 3.25. The van der Waals surface area contributed by atoms with Gasteiger partial charge < -0.3 is 10.8 Å². The highest BCUT2D eigenvalue weighted by atomic mass is 16.3. The van der Waals surface area contributed by atoms with Crippen molar-refractivity contribution in [2.75, 3.05) is 6.54 Å². The molecule has 2 atom stereocenters. The lowest BCUT2D eigenvalue weighted by Crippen LogP contribution is -2.39. The van der Waals surface area contributed by atoms with E-state index in [0.29, 0.717) is 19.0 Å². The van der Waals surface area contributed by atoms with Gasteiger partial charge in [-0.1, -0.05) is 6.92 Å². The number of nitrogens with two attached hydrogens (primary N) is 1. The van der Waals surface area contributed by atoms with Crippen LogP contribution in [0, 0.1) is 5.41 Å². The Kier molecular flexibility index (Phi) is 4.10. The summed E-state index contributed by atoms with van der Waals surface area (Å²) < 4.78 is 1.92. The van der Waals surface area contributed by atoms with Gasteiger partial charge in [-0.3, -0.25) is 4.68 Å². The summed E-state index contributed by atoms with van der Waals surface area (Å²) in [5.41, 5.74) is 6.42. The minimum Gasteiger partial charge on any atom is -0.393 e. The third-order valence-corrected chi connectivity index (χ3v) is 3.25. The normalized spacial score (nSPS) is 17.4. The molecular formula is C12H23N3O. The van der Waals surface area contributed by atoms with Crippen LogP contribution in [-0.2, 0) is 6.42 Å². The van der Waals surface area contributed by atoms with Crippen LogP contribution in [0.3, 0.4) is 0 Å². The van der Waals surface area contributed by atoms with Crippen molar-refractivity contribution in [2.45, 2.75) is 46.3 Å². The first-order chi connectivity index (χ1) is 7.39. The lowest BCUT2D eigenvalue weighted by molar-refractivity contribution is 0.0580. The standard InChI is InChI=1S/C12H23N3O/c1-9(2)15-6-5-11(14-15)7-12(4,8-13)10(3)16/h5-6,9-10,16H,7-8,13H2,1-4H3. The monoisotopic (exact) mass is 225 g/mol. The molecular weight excluding hydrogens is 202 g/mol. The summed E-state index contributed by atoms with van der Waals surface area (Å²) in [4.78, 5) is 0. The van der Waals surface area contributed by atoms with Gasteiger partial charge in [0.15, 0.2) is 0 Å². The zero-order valence-corrected chi connectivity index (χ0v) is 10.6. The van der Waals surface area contributed by atoms with Gasteiger partial charge in [-0.2, -0.15) is 5.10 Å². The molecule has 0 aliphatic carbocycles. The number of hydrogen-bond acceptors (Lipinski definition) is 3. The van der Waals surface area contributed by atoms with Gasteiger partial charge in [0, 0.05) is 30.6 Å². The van der Waals surface area contributed by atoms with E-state index in [1.54, 1.807) is 6.92 Å². The molecule has 1 rings (SSSR count). The van der Waals surface area contributed by atoms with E-state index in [0.717, 1.165) is 5.69 Å². The fourth-order valence-corrected chi connectivity index (χ4v) is 1.56. The largest absolute Gasteiger partial charge is 0.393 e. The van der Waals surface area contributed by atoms with Crippen LogP contribution in [0.15, 0.2) is 12.3 Å². The van der Waals surface area contributed by atoms with E-state index in [2.05, 4.69) is 18.9 Å². The molecule has 1 aromatic rings. The molecule has 0 fully saturated rings. The Balaban J connectivity index is 2.78. The van der Waals surface area contributed by atoms with Crippen LogP contribution in [0.2, 0.25) is 0 Å². The lowest BCUT2D eigenvalue weighted by atomic mass is 9.81. The molecule has 0 bridgehead atoms. The van der Waals surface area contributed by atoms with Crippen LogP contribution in [0.5, 0.6) is 0 Å². The SMILES string of the molecule is CC(C)n1ccc(CC(C)(CN)C(C)O)n1. The maximum absolute atomic E-state index is 9.73. The van der Waals surface area contributed by atoms with Crippen molar-refractivity contribution < 1.29 is 5.11 Å². The third kappa shape index (κ3) is 2.83. The molecule has 92 valence electrons. The average molecular weight is 225 g/mol. The van der Waals surface area contributed by atoms with Gasteiger partial charge in [0.1, 0.15) is 0 Å². The highest BCUT2D eigenvalue weighted by molar-refractivity contribution is 5.04.